The highest BCUT2D eigenvalue weighted by Gasteiger charge is 2.22. The summed E-state index contributed by atoms with van der Waals surface area (Å²) in [5.74, 6) is 0.0384. The lowest BCUT2D eigenvalue weighted by Gasteiger charge is -2.20. The Hall–Kier alpha value is -4.69. The zero-order valence-electron chi connectivity index (χ0n) is 23.7. The van der Waals surface area contributed by atoms with E-state index in [1.807, 2.05) is 79.0 Å². The number of thiophene rings is 1. The van der Waals surface area contributed by atoms with E-state index in [1.165, 1.54) is 7.11 Å². The van der Waals surface area contributed by atoms with Gasteiger partial charge in [0, 0.05) is 40.7 Å². The molecular formula is C34H34N2O5S. The molecule has 8 heteroatoms. The molecular weight excluding hydrogens is 548 g/mol. The molecule has 0 saturated carbocycles. The number of likely N-dealkylation sites (N-methyl/N-ethyl adjacent to an activating group) is 1. The minimum Gasteiger partial charge on any atom is -0.492 e. The third kappa shape index (κ3) is 8.41. The third-order valence-corrected chi connectivity index (χ3v) is 7.48. The van der Waals surface area contributed by atoms with E-state index >= 15 is 0 Å². The molecule has 216 valence electrons. The first-order chi connectivity index (χ1) is 20.5. The summed E-state index contributed by atoms with van der Waals surface area (Å²) in [5, 5.41) is 5.20. The van der Waals surface area contributed by atoms with Crippen molar-refractivity contribution in [1.82, 2.24) is 4.90 Å². The van der Waals surface area contributed by atoms with Crippen LogP contribution in [0.15, 0.2) is 102 Å². The molecule has 4 rings (SSSR count). The van der Waals surface area contributed by atoms with Crippen LogP contribution in [0.2, 0.25) is 0 Å². The first kappa shape index (κ1) is 30.3. The Labute approximate surface area is 250 Å². The van der Waals surface area contributed by atoms with Crippen LogP contribution in [0.1, 0.15) is 33.3 Å². The van der Waals surface area contributed by atoms with Gasteiger partial charge in [-0.15, -0.1) is 11.3 Å². The molecule has 0 unspecified atom stereocenters. The summed E-state index contributed by atoms with van der Waals surface area (Å²) in [5.41, 5.74) is 2.49. The fourth-order valence-electron chi connectivity index (χ4n) is 4.38. The number of amides is 1. The van der Waals surface area contributed by atoms with E-state index < -0.39 is 12.0 Å². The molecule has 0 aliphatic rings. The van der Waals surface area contributed by atoms with Crippen molar-refractivity contribution in [2.24, 2.45) is 0 Å². The second-order valence-corrected chi connectivity index (χ2v) is 10.4. The molecule has 0 bridgehead atoms. The minimum atomic E-state index is -0.710. The van der Waals surface area contributed by atoms with Crippen LogP contribution in [0.25, 0.3) is 6.08 Å². The van der Waals surface area contributed by atoms with Crippen molar-refractivity contribution in [2.45, 2.75) is 19.4 Å². The Morgan fingerprint density at radius 3 is 2.36 bits per heavy atom. The van der Waals surface area contributed by atoms with E-state index in [9.17, 15) is 14.4 Å². The van der Waals surface area contributed by atoms with E-state index in [-0.39, 0.29) is 11.7 Å². The highest BCUT2D eigenvalue weighted by molar-refractivity contribution is 7.10. The number of esters is 1. The zero-order chi connectivity index (χ0) is 29.7. The molecule has 1 aromatic heterocycles. The van der Waals surface area contributed by atoms with Gasteiger partial charge >= 0.3 is 5.97 Å². The summed E-state index contributed by atoms with van der Waals surface area (Å²) in [7, 11) is 1.34. The third-order valence-electron chi connectivity index (χ3n) is 6.64. The molecule has 0 aliphatic carbocycles. The van der Waals surface area contributed by atoms with Gasteiger partial charge in [-0.1, -0.05) is 60.7 Å². The molecule has 0 aliphatic heterocycles. The first-order valence-electron chi connectivity index (χ1n) is 13.7. The van der Waals surface area contributed by atoms with Crippen LogP contribution in [0, 0.1) is 0 Å². The maximum absolute atomic E-state index is 13.2. The van der Waals surface area contributed by atoms with Crippen LogP contribution >= 0.6 is 11.3 Å². The van der Waals surface area contributed by atoms with Crippen molar-refractivity contribution in [2.75, 3.05) is 32.1 Å². The molecule has 0 spiro atoms. The minimum absolute atomic E-state index is 0.0572. The van der Waals surface area contributed by atoms with Gasteiger partial charge in [0.1, 0.15) is 18.4 Å². The molecule has 0 radical (unpaired) electrons. The number of carbonyl (C=O) groups excluding carboxylic acids is 3. The van der Waals surface area contributed by atoms with E-state index in [0.29, 0.717) is 48.7 Å². The summed E-state index contributed by atoms with van der Waals surface area (Å²) in [6.45, 7) is 3.33. The molecule has 1 heterocycles. The van der Waals surface area contributed by atoms with E-state index in [0.717, 1.165) is 10.4 Å². The van der Waals surface area contributed by atoms with Crippen LogP contribution in [0.3, 0.4) is 0 Å². The van der Waals surface area contributed by atoms with Crippen LogP contribution in [0.5, 0.6) is 5.75 Å². The molecule has 0 saturated heterocycles. The standard InChI is InChI=1S/C34H34N2O5S/c1-3-36(32(37)20-19-28-12-9-23-42-28)21-22-41-27-17-15-25(16-18-27)24-31(34(39)40-2)35-30-14-8-7-13-29(30)33(38)26-10-5-4-6-11-26/h4-20,23,31,35H,3,21-22,24H2,1-2H3/t31-/m0/s1. The van der Waals surface area contributed by atoms with Gasteiger partial charge in [-0.05, 0) is 54.3 Å². The van der Waals surface area contributed by atoms with Crippen molar-refractivity contribution >= 4 is 40.8 Å². The SMILES string of the molecule is CCN(CCOc1ccc(C[C@H](Nc2ccccc2C(=O)c2ccccc2)C(=O)OC)cc1)C(=O)C=Cc1cccs1. The predicted molar refractivity (Wildman–Crippen MR) is 167 cm³/mol. The predicted octanol–water partition coefficient (Wildman–Crippen LogP) is 6.12. The van der Waals surface area contributed by atoms with E-state index in [4.69, 9.17) is 9.47 Å². The Morgan fingerprint density at radius 1 is 0.929 bits per heavy atom. The normalized spacial score (nSPS) is 11.6. The number of benzene rings is 3. The fraction of sp³-hybridized carbons (Fsp3) is 0.206. The van der Waals surface area contributed by atoms with Gasteiger partial charge in [-0.25, -0.2) is 4.79 Å². The fourth-order valence-corrected chi connectivity index (χ4v) is 4.99. The van der Waals surface area contributed by atoms with Crippen LogP contribution < -0.4 is 10.1 Å². The number of ether oxygens (including phenoxy) is 2. The Kier molecular flexibility index (Phi) is 11.1. The first-order valence-corrected chi connectivity index (χ1v) is 14.6. The number of ketones is 1. The number of methoxy groups -OCH3 is 1. The van der Waals surface area contributed by atoms with Crippen molar-refractivity contribution in [3.8, 4) is 5.75 Å². The Morgan fingerprint density at radius 2 is 1.67 bits per heavy atom. The summed E-state index contributed by atoms with van der Waals surface area (Å²) in [4.78, 5) is 41.2. The highest BCUT2D eigenvalue weighted by Crippen LogP contribution is 2.22. The lowest BCUT2D eigenvalue weighted by Crippen LogP contribution is -2.33. The van der Waals surface area contributed by atoms with Gasteiger partial charge in [-0.2, -0.15) is 0 Å². The summed E-state index contributed by atoms with van der Waals surface area (Å²) < 4.78 is 10.9. The number of nitrogens with one attached hydrogen (secondary N) is 1. The summed E-state index contributed by atoms with van der Waals surface area (Å²) in [6.07, 6.45) is 3.76. The lowest BCUT2D eigenvalue weighted by atomic mass is 10.00. The van der Waals surface area contributed by atoms with Crippen LogP contribution in [0.4, 0.5) is 5.69 Å². The quantitative estimate of drug-likeness (QED) is 0.110. The number of anilines is 1. The van der Waals surface area contributed by atoms with Gasteiger partial charge in [0.2, 0.25) is 5.91 Å². The van der Waals surface area contributed by atoms with Gasteiger partial charge in [0.25, 0.3) is 0 Å². The second kappa shape index (κ2) is 15.3. The molecule has 42 heavy (non-hydrogen) atoms. The monoisotopic (exact) mass is 582 g/mol. The molecule has 7 nitrogen and oxygen atoms in total. The van der Waals surface area contributed by atoms with E-state index in [2.05, 4.69) is 5.32 Å². The maximum atomic E-state index is 13.2. The van der Waals surface area contributed by atoms with Crippen molar-refractivity contribution in [3.05, 3.63) is 124 Å². The van der Waals surface area contributed by atoms with Crippen molar-refractivity contribution in [3.63, 3.8) is 0 Å². The average molecular weight is 583 g/mol. The average Bonchev–Trinajstić information content (AvgIpc) is 3.56. The summed E-state index contributed by atoms with van der Waals surface area (Å²) >= 11 is 1.58. The Balaban J connectivity index is 1.35. The number of hydrogen-bond donors (Lipinski definition) is 1. The van der Waals surface area contributed by atoms with Crippen molar-refractivity contribution < 1.29 is 23.9 Å². The summed E-state index contributed by atoms with van der Waals surface area (Å²) in [6, 6.07) is 26.8. The number of para-hydroxylation sites is 1. The van der Waals surface area contributed by atoms with Gasteiger partial charge < -0.3 is 19.7 Å². The molecule has 0 fully saturated rings. The molecule has 4 aromatic rings. The molecule has 1 atom stereocenters. The highest BCUT2D eigenvalue weighted by atomic mass is 32.1. The number of carbonyl (C=O) groups is 3. The molecule has 1 amide bonds. The molecule has 1 N–H and O–H groups in total. The zero-order valence-corrected chi connectivity index (χ0v) is 24.5. The molecule has 3 aromatic carbocycles. The number of nitrogens with zero attached hydrogens (tertiary/aromatic N) is 1. The van der Waals surface area contributed by atoms with E-state index in [1.54, 1.807) is 52.6 Å². The number of rotatable bonds is 14. The number of hydrogen-bond acceptors (Lipinski definition) is 7. The van der Waals surface area contributed by atoms with Crippen LogP contribution in [-0.4, -0.2) is 55.4 Å². The maximum Gasteiger partial charge on any atom is 0.328 e. The van der Waals surface area contributed by atoms with Gasteiger partial charge in [-0.3, -0.25) is 9.59 Å². The second-order valence-electron chi connectivity index (χ2n) is 9.42. The smallest absolute Gasteiger partial charge is 0.328 e. The van der Waals surface area contributed by atoms with Gasteiger partial charge in [0.05, 0.1) is 13.7 Å². The Bertz CT molecular complexity index is 1480. The van der Waals surface area contributed by atoms with Crippen LogP contribution in [-0.2, 0) is 20.7 Å². The van der Waals surface area contributed by atoms with Crippen molar-refractivity contribution in [1.29, 1.82) is 0 Å². The topological polar surface area (TPSA) is 84.9 Å². The van der Waals surface area contributed by atoms with Gasteiger partial charge in [0.15, 0.2) is 5.78 Å². The largest absolute Gasteiger partial charge is 0.492 e. The lowest BCUT2D eigenvalue weighted by molar-refractivity contribution is -0.141.